The molecule has 5 nitrogen and oxygen atoms in total. The van der Waals surface area contributed by atoms with Crippen LogP contribution in [0.2, 0.25) is 0 Å². The number of hydrogen-bond acceptors (Lipinski definition) is 5. The van der Waals surface area contributed by atoms with E-state index in [9.17, 15) is 13.6 Å². The zero-order valence-corrected chi connectivity index (χ0v) is 12.8. The molecule has 7 heteroatoms. The van der Waals surface area contributed by atoms with Gasteiger partial charge < -0.3 is 18.9 Å². The number of fused-ring (bicyclic) bond motifs is 1. The Morgan fingerprint density at radius 3 is 2.83 bits per heavy atom. The molecule has 0 aromatic heterocycles. The largest absolute Gasteiger partial charge is 0.494 e. The average Bonchev–Trinajstić information content (AvgIpc) is 2.59. The van der Waals surface area contributed by atoms with Crippen LogP contribution in [0.3, 0.4) is 0 Å². The first-order valence-corrected chi connectivity index (χ1v) is 7.11. The van der Waals surface area contributed by atoms with Gasteiger partial charge in [0.2, 0.25) is 0 Å². The fourth-order valence-electron chi connectivity index (χ4n) is 2.38. The Hall–Kier alpha value is -2.67. The molecule has 1 aliphatic heterocycles. The average molecular weight is 336 g/mol. The van der Waals surface area contributed by atoms with E-state index in [2.05, 4.69) is 0 Å². The van der Waals surface area contributed by atoms with Crippen molar-refractivity contribution < 1.29 is 32.5 Å². The van der Waals surface area contributed by atoms with Gasteiger partial charge in [0.25, 0.3) is 0 Å². The minimum Gasteiger partial charge on any atom is -0.494 e. The molecular formula is C17H14F2O5. The maximum absolute atomic E-state index is 13.6. The standard InChI is InChI=1S/C17H14F2O5/c1-21-15-3-2-10(6-14(15)19)17(20)23-8-12-5-13(18)4-11-7-22-9-24-16(11)12/h2-6H,7-9H2,1H3. The number of carbonyl (C=O) groups excluding carboxylic acids is 1. The van der Waals surface area contributed by atoms with E-state index < -0.39 is 17.6 Å². The van der Waals surface area contributed by atoms with Crippen molar-refractivity contribution in [3.63, 3.8) is 0 Å². The number of esters is 1. The summed E-state index contributed by atoms with van der Waals surface area (Å²) in [6.07, 6.45) is 0. The zero-order chi connectivity index (χ0) is 17.1. The fraction of sp³-hybridized carbons (Fsp3) is 0.235. The molecule has 3 rings (SSSR count). The lowest BCUT2D eigenvalue weighted by atomic mass is 10.1. The molecule has 0 atom stereocenters. The van der Waals surface area contributed by atoms with Gasteiger partial charge in [0.1, 0.15) is 18.2 Å². The second kappa shape index (κ2) is 6.84. The van der Waals surface area contributed by atoms with Gasteiger partial charge in [-0.2, -0.15) is 0 Å². The molecule has 0 fully saturated rings. The molecule has 0 unspecified atom stereocenters. The Morgan fingerprint density at radius 2 is 2.08 bits per heavy atom. The third-order valence-corrected chi connectivity index (χ3v) is 3.50. The van der Waals surface area contributed by atoms with Gasteiger partial charge in [-0.1, -0.05) is 0 Å². The van der Waals surface area contributed by atoms with E-state index in [1.54, 1.807) is 0 Å². The van der Waals surface area contributed by atoms with Crippen molar-refractivity contribution in [2.24, 2.45) is 0 Å². The quantitative estimate of drug-likeness (QED) is 0.803. The van der Waals surface area contributed by atoms with Crippen LogP contribution in [0.15, 0.2) is 30.3 Å². The Morgan fingerprint density at radius 1 is 1.25 bits per heavy atom. The highest BCUT2D eigenvalue weighted by Gasteiger charge is 2.19. The van der Waals surface area contributed by atoms with Crippen molar-refractivity contribution in [3.05, 3.63) is 58.7 Å². The molecule has 126 valence electrons. The Balaban J connectivity index is 1.75. The highest BCUT2D eigenvalue weighted by atomic mass is 19.1. The van der Waals surface area contributed by atoms with Crippen LogP contribution in [0.5, 0.6) is 11.5 Å². The number of ether oxygens (including phenoxy) is 4. The summed E-state index contributed by atoms with van der Waals surface area (Å²) in [6, 6.07) is 6.27. The first-order chi connectivity index (χ1) is 11.6. The molecule has 0 N–H and O–H groups in total. The first-order valence-electron chi connectivity index (χ1n) is 7.11. The smallest absolute Gasteiger partial charge is 0.338 e. The van der Waals surface area contributed by atoms with Crippen molar-refractivity contribution in [2.75, 3.05) is 13.9 Å². The third-order valence-electron chi connectivity index (χ3n) is 3.50. The maximum atomic E-state index is 13.6. The monoisotopic (exact) mass is 336 g/mol. The van der Waals surface area contributed by atoms with Gasteiger partial charge in [-0.15, -0.1) is 0 Å². The Kier molecular flexibility index (Phi) is 4.61. The molecule has 0 bridgehead atoms. The minimum atomic E-state index is -0.735. The molecule has 0 amide bonds. The van der Waals surface area contributed by atoms with Crippen LogP contribution in [0.25, 0.3) is 0 Å². The molecule has 0 saturated heterocycles. The molecule has 0 radical (unpaired) electrons. The summed E-state index contributed by atoms with van der Waals surface area (Å²) in [4.78, 5) is 12.0. The second-order valence-electron chi connectivity index (χ2n) is 5.09. The molecule has 24 heavy (non-hydrogen) atoms. The second-order valence-corrected chi connectivity index (χ2v) is 5.09. The Labute approximate surface area is 136 Å². The number of rotatable bonds is 4. The summed E-state index contributed by atoms with van der Waals surface area (Å²) in [5.74, 6) is -1.42. The van der Waals surface area contributed by atoms with Crippen LogP contribution in [0.1, 0.15) is 21.5 Å². The zero-order valence-electron chi connectivity index (χ0n) is 12.8. The van der Waals surface area contributed by atoms with Gasteiger partial charge in [-0.25, -0.2) is 13.6 Å². The Bertz CT molecular complexity index is 776. The molecular weight excluding hydrogens is 322 g/mol. The molecule has 2 aromatic carbocycles. The van der Waals surface area contributed by atoms with E-state index in [1.165, 1.54) is 31.4 Å². The van der Waals surface area contributed by atoms with E-state index >= 15 is 0 Å². The number of benzene rings is 2. The summed E-state index contributed by atoms with van der Waals surface area (Å²) < 4.78 is 47.6. The highest BCUT2D eigenvalue weighted by molar-refractivity contribution is 5.89. The van der Waals surface area contributed by atoms with Crippen LogP contribution in [0.4, 0.5) is 8.78 Å². The van der Waals surface area contributed by atoms with Gasteiger partial charge in [0.05, 0.1) is 19.3 Å². The van der Waals surface area contributed by atoms with E-state index in [0.29, 0.717) is 16.9 Å². The SMILES string of the molecule is COc1ccc(C(=O)OCc2cc(F)cc3c2OCOC3)cc1F. The lowest BCUT2D eigenvalue weighted by Gasteiger charge is -2.20. The van der Waals surface area contributed by atoms with Crippen molar-refractivity contribution >= 4 is 5.97 Å². The maximum Gasteiger partial charge on any atom is 0.338 e. The van der Waals surface area contributed by atoms with E-state index in [0.717, 1.165) is 6.07 Å². The van der Waals surface area contributed by atoms with Gasteiger partial charge >= 0.3 is 5.97 Å². The molecule has 0 saturated carbocycles. The van der Waals surface area contributed by atoms with Crippen LogP contribution in [0, 0.1) is 11.6 Å². The summed E-state index contributed by atoms with van der Waals surface area (Å²) in [6.45, 7) is 0.0631. The first kappa shape index (κ1) is 16.2. The number of carbonyl (C=O) groups is 1. The van der Waals surface area contributed by atoms with Gasteiger partial charge in [0, 0.05) is 11.1 Å². The number of hydrogen-bond donors (Lipinski definition) is 0. The normalized spacial score (nSPS) is 13.0. The van der Waals surface area contributed by atoms with Crippen LogP contribution in [-0.4, -0.2) is 19.9 Å². The molecule has 1 aliphatic rings. The molecule has 1 heterocycles. The summed E-state index contributed by atoms with van der Waals surface area (Å²) >= 11 is 0. The van der Waals surface area contributed by atoms with Crippen molar-refractivity contribution in [3.8, 4) is 11.5 Å². The minimum absolute atomic E-state index is 0.0270. The lowest BCUT2D eigenvalue weighted by Crippen LogP contribution is -2.15. The fourth-order valence-corrected chi connectivity index (χ4v) is 2.38. The topological polar surface area (TPSA) is 54.0 Å². The third kappa shape index (κ3) is 3.30. The predicted molar refractivity (Wildman–Crippen MR) is 78.8 cm³/mol. The summed E-state index contributed by atoms with van der Waals surface area (Å²) in [5, 5.41) is 0. The number of halogens is 2. The molecule has 0 aliphatic carbocycles. The van der Waals surface area contributed by atoms with Gasteiger partial charge in [-0.3, -0.25) is 0 Å². The van der Waals surface area contributed by atoms with Crippen LogP contribution >= 0.6 is 0 Å². The van der Waals surface area contributed by atoms with Crippen molar-refractivity contribution in [2.45, 2.75) is 13.2 Å². The molecule has 2 aromatic rings. The predicted octanol–water partition coefficient (Wildman–Crippen LogP) is 3.20. The summed E-state index contributed by atoms with van der Waals surface area (Å²) in [5.41, 5.74) is 0.959. The lowest BCUT2D eigenvalue weighted by molar-refractivity contribution is -0.0183. The van der Waals surface area contributed by atoms with Crippen molar-refractivity contribution in [1.82, 2.24) is 0 Å². The van der Waals surface area contributed by atoms with Crippen LogP contribution in [-0.2, 0) is 22.7 Å². The van der Waals surface area contributed by atoms with E-state index in [1.807, 2.05) is 0 Å². The highest BCUT2D eigenvalue weighted by Crippen LogP contribution is 2.30. The molecule has 0 spiro atoms. The van der Waals surface area contributed by atoms with E-state index in [-0.39, 0.29) is 31.3 Å². The van der Waals surface area contributed by atoms with E-state index in [4.69, 9.17) is 18.9 Å². The summed E-state index contributed by atoms with van der Waals surface area (Å²) in [7, 11) is 1.33. The van der Waals surface area contributed by atoms with Gasteiger partial charge in [-0.05, 0) is 30.3 Å². The van der Waals surface area contributed by atoms with Crippen molar-refractivity contribution in [1.29, 1.82) is 0 Å². The number of methoxy groups -OCH3 is 1. The van der Waals surface area contributed by atoms with Gasteiger partial charge in [0.15, 0.2) is 18.4 Å². The van der Waals surface area contributed by atoms with Crippen LogP contribution < -0.4 is 9.47 Å².